The first-order valence-electron chi connectivity index (χ1n) is 9.72. The van der Waals surface area contributed by atoms with Gasteiger partial charge in [-0.3, -0.25) is 0 Å². The molecule has 0 saturated heterocycles. The van der Waals surface area contributed by atoms with E-state index in [2.05, 4.69) is 0 Å². The zero-order chi connectivity index (χ0) is 20.5. The van der Waals surface area contributed by atoms with Gasteiger partial charge in [0.25, 0.3) is 0 Å². The van der Waals surface area contributed by atoms with Gasteiger partial charge in [-0.2, -0.15) is 0 Å². The molecule has 3 aromatic rings. The Morgan fingerprint density at radius 1 is 1.17 bits per heavy atom. The van der Waals surface area contributed by atoms with Crippen LogP contribution >= 0.6 is 11.3 Å². The molecular weight excluding hydrogens is 388 g/mol. The van der Waals surface area contributed by atoms with Gasteiger partial charge in [-0.05, 0) is 61.4 Å². The number of fused-ring (bicyclic) bond motifs is 2. The van der Waals surface area contributed by atoms with E-state index in [1.807, 2.05) is 18.2 Å². The molecule has 6 nitrogen and oxygen atoms in total. The molecule has 0 unspecified atom stereocenters. The van der Waals surface area contributed by atoms with Crippen molar-refractivity contribution in [3.8, 4) is 22.6 Å². The van der Waals surface area contributed by atoms with Crippen LogP contribution in [0.2, 0.25) is 0 Å². The van der Waals surface area contributed by atoms with Crippen LogP contribution < -0.4 is 15.2 Å². The molecule has 0 saturated carbocycles. The summed E-state index contributed by atoms with van der Waals surface area (Å²) in [6, 6.07) is 5.86. The molecule has 0 radical (unpaired) electrons. The zero-order valence-electron chi connectivity index (χ0n) is 16.8. The third kappa shape index (κ3) is 3.29. The molecule has 0 fully saturated rings. The summed E-state index contributed by atoms with van der Waals surface area (Å²) in [4.78, 5) is 18.5. The Kier molecular flexibility index (Phi) is 5.32. The zero-order valence-corrected chi connectivity index (χ0v) is 17.6. The van der Waals surface area contributed by atoms with Crippen LogP contribution in [0.15, 0.2) is 18.2 Å². The number of anilines is 1. The monoisotopic (exact) mass is 412 g/mol. The second-order valence-corrected chi connectivity index (χ2v) is 7.93. The first kappa shape index (κ1) is 19.5. The number of methoxy groups -OCH3 is 2. The Balaban J connectivity index is 2.02. The number of nitrogens with zero attached hydrogens (tertiary/aromatic N) is 1. The number of ether oxygens (including phenoxy) is 3. The van der Waals surface area contributed by atoms with Crippen molar-refractivity contribution >= 4 is 33.2 Å². The minimum atomic E-state index is -0.399. The van der Waals surface area contributed by atoms with Crippen molar-refractivity contribution in [1.29, 1.82) is 0 Å². The Morgan fingerprint density at radius 2 is 1.93 bits per heavy atom. The maximum absolute atomic E-state index is 12.4. The van der Waals surface area contributed by atoms with E-state index in [4.69, 9.17) is 24.9 Å². The standard InChI is InChI=1S/C22H24N2O4S/c1-4-28-22(25)20-19(23)18-17(12-9-10-15(26-2)16(11-12)27-3)13-7-5-6-8-14(13)24-21(18)29-20/h9-11H,4-8,23H2,1-3H3. The van der Waals surface area contributed by atoms with Crippen LogP contribution in [0.3, 0.4) is 0 Å². The molecule has 0 spiro atoms. The summed E-state index contributed by atoms with van der Waals surface area (Å²) in [6.45, 7) is 2.09. The van der Waals surface area contributed by atoms with E-state index in [9.17, 15) is 4.79 Å². The fourth-order valence-electron chi connectivity index (χ4n) is 3.97. The smallest absolute Gasteiger partial charge is 0.350 e. The molecule has 1 aliphatic rings. The molecule has 152 valence electrons. The van der Waals surface area contributed by atoms with Gasteiger partial charge in [-0.25, -0.2) is 9.78 Å². The van der Waals surface area contributed by atoms with Crippen molar-refractivity contribution in [3.63, 3.8) is 0 Å². The lowest BCUT2D eigenvalue weighted by atomic mass is 9.87. The van der Waals surface area contributed by atoms with Crippen LogP contribution in [0.25, 0.3) is 21.3 Å². The van der Waals surface area contributed by atoms with Gasteiger partial charge in [0.2, 0.25) is 0 Å². The van der Waals surface area contributed by atoms with E-state index >= 15 is 0 Å². The van der Waals surface area contributed by atoms with Gasteiger partial charge in [0.15, 0.2) is 11.5 Å². The Bertz CT molecular complexity index is 1090. The minimum absolute atomic E-state index is 0.305. The first-order valence-corrected chi connectivity index (χ1v) is 10.5. The van der Waals surface area contributed by atoms with Gasteiger partial charge in [0.1, 0.15) is 9.71 Å². The van der Waals surface area contributed by atoms with E-state index in [1.165, 1.54) is 16.9 Å². The van der Waals surface area contributed by atoms with Crippen LogP contribution in [-0.2, 0) is 17.6 Å². The quantitative estimate of drug-likeness (QED) is 0.616. The number of nitrogen functional groups attached to an aromatic ring is 1. The number of aromatic nitrogens is 1. The minimum Gasteiger partial charge on any atom is -0.493 e. The fraction of sp³-hybridized carbons (Fsp3) is 0.364. The van der Waals surface area contributed by atoms with E-state index < -0.39 is 5.97 Å². The average molecular weight is 413 g/mol. The van der Waals surface area contributed by atoms with Crippen LogP contribution in [0, 0.1) is 0 Å². The highest BCUT2D eigenvalue weighted by Crippen LogP contribution is 2.45. The summed E-state index contributed by atoms with van der Waals surface area (Å²) in [6.07, 6.45) is 4.09. The topological polar surface area (TPSA) is 83.7 Å². The molecule has 2 aromatic heterocycles. The molecule has 1 aromatic carbocycles. The Labute approximate surface area is 173 Å². The number of hydrogen-bond acceptors (Lipinski definition) is 7. The molecule has 1 aliphatic carbocycles. The molecule has 0 aliphatic heterocycles. The van der Waals surface area contributed by atoms with Gasteiger partial charge >= 0.3 is 5.97 Å². The third-order valence-electron chi connectivity index (χ3n) is 5.29. The Hall–Kier alpha value is -2.80. The predicted molar refractivity (Wildman–Crippen MR) is 115 cm³/mol. The van der Waals surface area contributed by atoms with Crippen LogP contribution in [0.4, 0.5) is 5.69 Å². The maximum Gasteiger partial charge on any atom is 0.350 e. The van der Waals surface area contributed by atoms with Gasteiger partial charge in [-0.1, -0.05) is 6.07 Å². The lowest BCUT2D eigenvalue weighted by Gasteiger charge is -2.20. The summed E-state index contributed by atoms with van der Waals surface area (Å²) >= 11 is 1.30. The number of nitrogens with two attached hydrogens (primary N) is 1. The van der Waals surface area contributed by atoms with Crippen molar-refractivity contribution < 1.29 is 19.0 Å². The molecule has 0 atom stereocenters. The largest absolute Gasteiger partial charge is 0.493 e. The normalized spacial score (nSPS) is 13.2. The SMILES string of the molecule is CCOC(=O)c1sc2nc3c(c(-c4ccc(OC)c(OC)c4)c2c1N)CCCC3. The number of carbonyl (C=O) groups excluding carboxylic acids is 1. The van der Waals surface area contributed by atoms with Gasteiger partial charge in [0.05, 0.1) is 26.5 Å². The summed E-state index contributed by atoms with van der Waals surface area (Å²) in [5.41, 5.74) is 11.2. The van der Waals surface area contributed by atoms with Crippen LogP contribution in [-0.4, -0.2) is 31.8 Å². The fourth-order valence-corrected chi connectivity index (χ4v) is 4.98. The average Bonchev–Trinajstić information content (AvgIpc) is 3.08. The van der Waals surface area contributed by atoms with Crippen molar-refractivity contribution in [2.75, 3.05) is 26.6 Å². The maximum atomic E-state index is 12.4. The summed E-state index contributed by atoms with van der Waals surface area (Å²) < 4.78 is 16.1. The lowest BCUT2D eigenvalue weighted by molar-refractivity contribution is 0.0533. The van der Waals surface area contributed by atoms with E-state index in [0.29, 0.717) is 28.7 Å². The summed E-state index contributed by atoms with van der Waals surface area (Å²) in [7, 11) is 3.24. The summed E-state index contributed by atoms with van der Waals surface area (Å²) in [5.74, 6) is 0.920. The van der Waals surface area contributed by atoms with Crippen LogP contribution in [0.1, 0.15) is 40.7 Å². The third-order valence-corrected chi connectivity index (χ3v) is 6.37. The molecule has 0 bridgehead atoms. The van der Waals surface area contributed by atoms with Crippen LogP contribution in [0.5, 0.6) is 11.5 Å². The van der Waals surface area contributed by atoms with Crippen molar-refractivity contribution in [3.05, 3.63) is 34.3 Å². The number of hydrogen-bond donors (Lipinski definition) is 1. The first-order chi connectivity index (χ1) is 14.1. The number of carbonyl (C=O) groups is 1. The number of benzene rings is 1. The number of rotatable bonds is 5. The Morgan fingerprint density at radius 3 is 2.66 bits per heavy atom. The molecule has 4 rings (SSSR count). The molecule has 2 N–H and O–H groups in total. The lowest BCUT2D eigenvalue weighted by Crippen LogP contribution is -2.08. The number of pyridine rings is 1. The van der Waals surface area contributed by atoms with Gasteiger partial charge < -0.3 is 19.9 Å². The van der Waals surface area contributed by atoms with Crippen molar-refractivity contribution in [1.82, 2.24) is 4.98 Å². The number of aryl methyl sites for hydroxylation is 1. The molecule has 0 amide bonds. The van der Waals surface area contributed by atoms with Crippen molar-refractivity contribution in [2.45, 2.75) is 32.6 Å². The van der Waals surface area contributed by atoms with E-state index in [1.54, 1.807) is 21.1 Å². The highest BCUT2D eigenvalue weighted by Gasteiger charge is 2.26. The number of thiophene rings is 1. The second kappa shape index (κ2) is 7.91. The molecule has 2 heterocycles. The van der Waals surface area contributed by atoms with E-state index in [-0.39, 0.29) is 0 Å². The number of esters is 1. The van der Waals surface area contributed by atoms with E-state index in [0.717, 1.165) is 52.7 Å². The highest BCUT2D eigenvalue weighted by molar-refractivity contribution is 7.21. The van der Waals surface area contributed by atoms with Crippen molar-refractivity contribution in [2.24, 2.45) is 0 Å². The van der Waals surface area contributed by atoms with Gasteiger partial charge in [0, 0.05) is 11.1 Å². The summed E-state index contributed by atoms with van der Waals surface area (Å²) in [5, 5.41) is 0.825. The highest BCUT2D eigenvalue weighted by atomic mass is 32.1. The molecule has 29 heavy (non-hydrogen) atoms. The second-order valence-electron chi connectivity index (χ2n) is 6.93. The molecular formula is C22H24N2O4S. The van der Waals surface area contributed by atoms with Gasteiger partial charge in [-0.15, -0.1) is 11.3 Å². The molecule has 7 heteroatoms. The predicted octanol–water partition coefficient (Wildman–Crippen LogP) is 4.62.